The van der Waals surface area contributed by atoms with Gasteiger partial charge in [0.15, 0.2) is 23.2 Å². The number of aromatic nitrogens is 8. The van der Waals surface area contributed by atoms with Crippen molar-refractivity contribution in [2.24, 2.45) is 7.05 Å². The molecule has 4 aromatic heterocycles. The zero-order valence-corrected chi connectivity index (χ0v) is 18.0. The molecule has 5 aromatic rings. The first-order valence-corrected chi connectivity index (χ1v) is 10.4. The number of aryl methyl sites for hydroxylation is 1. The highest BCUT2D eigenvalue weighted by molar-refractivity contribution is 5.89. The third kappa shape index (κ3) is 3.07. The smallest absolute Gasteiger partial charge is 0.410 e. The van der Waals surface area contributed by atoms with Crippen LogP contribution in [0.25, 0.3) is 28.1 Å². The Morgan fingerprint density at radius 1 is 1.09 bits per heavy atom. The van der Waals surface area contributed by atoms with Crippen LogP contribution in [0.2, 0.25) is 0 Å². The van der Waals surface area contributed by atoms with E-state index in [4.69, 9.17) is 4.74 Å². The minimum Gasteiger partial charge on any atom is -0.497 e. The summed E-state index contributed by atoms with van der Waals surface area (Å²) in [6, 6.07) is 4.56. The minimum absolute atomic E-state index is 0.206. The maximum Gasteiger partial charge on any atom is 0.410 e. The lowest BCUT2D eigenvalue weighted by Gasteiger charge is -2.34. The van der Waals surface area contributed by atoms with Gasteiger partial charge in [-0.1, -0.05) is 12.1 Å². The molecule has 0 radical (unpaired) electrons. The SMILES string of the molecule is COc1ccc(C2CC(C(F)(F)F)n3ncc(-c4nc5c6cnn(C)c6ncn5n4)c3N2)cc1. The molecule has 34 heavy (non-hydrogen) atoms. The summed E-state index contributed by atoms with van der Waals surface area (Å²) < 4.78 is 51.3. The average Bonchev–Trinajstić information content (AvgIpc) is 3.53. The number of alkyl halides is 3. The summed E-state index contributed by atoms with van der Waals surface area (Å²) in [7, 11) is 3.30. The Morgan fingerprint density at radius 2 is 1.88 bits per heavy atom. The summed E-state index contributed by atoms with van der Waals surface area (Å²) in [6.07, 6.45) is -0.203. The molecule has 2 unspecified atom stereocenters. The standard InChI is InChI=1S/C21H18F3N9O/c1-31-18-14(9-26-31)19-29-17(30-32(19)10-25-18)13-8-27-33-16(21(22,23)24)7-15(28-20(13)33)11-3-5-12(34-2)6-4-11/h3-6,8-10,15-16,28H,7H2,1-2H3. The zero-order valence-electron chi connectivity index (χ0n) is 18.0. The number of fused-ring (bicyclic) bond motifs is 4. The van der Waals surface area contributed by atoms with E-state index in [9.17, 15) is 13.2 Å². The Balaban J connectivity index is 1.46. The van der Waals surface area contributed by atoms with Gasteiger partial charge in [0.05, 0.1) is 36.5 Å². The molecule has 0 amide bonds. The summed E-state index contributed by atoms with van der Waals surface area (Å²) in [6.45, 7) is 0. The molecule has 0 aliphatic carbocycles. The molecule has 0 fully saturated rings. The lowest BCUT2D eigenvalue weighted by atomic mass is 9.96. The van der Waals surface area contributed by atoms with Crippen LogP contribution in [0.1, 0.15) is 24.1 Å². The van der Waals surface area contributed by atoms with Gasteiger partial charge in [-0.2, -0.15) is 23.4 Å². The van der Waals surface area contributed by atoms with E-state index in [2.05, 4.69) is 30.6 Å². The molecular weight excluding hydrogens is 451 g/mol. The Hall–Kier alpha value is -4.16. The fourth-order valence-electron chi connectivity index (χ4n) is 4.33. The number of nitrogens with one attached hydrogen (secondary N) is 1. The molecule has 5 heterocycles. The largest absolute Gasteiger partial charge is 0.497 e. The Kier molecular flexibility index (Phi) is 4.31. The van der Waals surface area contributed by atoms with Gasteiger partial charge >= 0.3 is 6.18 Å². The van der Waals surface area contributed by atoms with Crippen LogP contribution in [0.3, 0.4) is 0 Å². The van der Waals surface area contributed by atoms with Crippen molar-refractivity contribution in [2.45, 2.75) is 24.7 Å². The second kappa shape index (κ2) is 7.17. The number of hydrogen-bond donors (Lipinski definition) is 1. The highest BCUT2D eigenvalue weighted by atomic mass is 19.4. The second-order valence-electron chi connectivity index (χ2n) is 8.07. The summed E-state index contributed by atoms with van der Waals surface area (Å²) >= 11 is 0. The molecule has 1 aromatic carbocycles. The number of hydrogen-bond acceptors (Lipinski definition) is 7. The van der Waals surface area contributed by atoms with Gasteiger partial charge in [-0.05, 0) is 17.7 Å². The van der Waals surface area contributed by atoms with E-state index < -0.39 is 18.3 Å². The first-order valence-electron chi connectivity index (χ1n) is 10.4. The monoisotopic (exact) mass is 469 g/mol. The van der Waals surface area contributed by atoms with Gasteiger partial charge in [0, 0.05) is 13.5 Å². The Labute approximate surface area is 190 Å². The van der Waals surface area contributed by atoms with Crippen molar-refractivity contribution in [3.05, 3.63) is 48.5 Å². The molecule has 2 atom stereocenters. The summed E-state index contributed by atoms with van der Waals surface area (Å²) in [4.78, 5) is 8.91. The lowest BCUT2D eigenvalue weighted by molar-refractivity contribution is -0.173. The van der Waals surface area contributed by atoms with Crippen LogP contribution in [-0.4, -0.2) is 52.4 Å². The molecule has 0 spiro atoms. The molecule has 13 heteroatoms. The normalized spacial score (nSPS) is 18.3. The fourth-order valence-corrected chi connectivity index (χ4v) is 4.33. The summed E-state index contributed by atoms with van der Waals surface area (Å²) in [5, 5.41) is 16.6. The van der Waals surface area contributed by atoms with Gasteiger partial charge in [0.2, 0.25) is 0 Å². The van der Waals surface area contributed by atoms with E-state index in [0.717, 1.165) is 4.68 Å². The average molecular weight is 469 g/mol. The van der Waals surface area contributed by atoms with E-state index in [-0.39, 0.29) is 18.1 Å². The summed E-state index contributed by atoms with van der Waals surface area (Å²) in [5.41, 5.74) is 2.20. The van der Waals surface area contributed by atoms with Crippen molar-refractivity contribution in [2.75, 3.05) is 12.4 Å². The van der Waals surface area contributed by atoms with Crippen molar-refractivity contribution < 1.29 is 17.9 Å². The van der Waals surface area contributed by atoms with Crippen LogP contribution in [0.5, 0.6) is 5.75 Å². The van der Waals surface area contributed by atoms with Crippen molar-refractivity contribution in [1.82, 2.24) is 39.1 Å². The molecule has 10 nitrogen and oxygen atoms in total. The molecule has 1 aliphatic heterocycles. The highest BCUT2D eigenvalue weighted by Crippen LogP contribution is 2.46. The predicted octanol–water partition coefficient (Wildman–Crippen LogP) is 3.54. The minimum atomic E-state index is -4.48. The van der Waals surface area contributed by atoms with Crippen LogP contribution in [-0.2, 0) is 7.05 Å². The van der Waals surface area contributed by atoms with Crippen LogP contribution in [0, 0.1) is 0 Å². The number of halogens is 3. The van der Waals surface area contributed by atoms with Gasteiger partial charge < -0.3 is 10.1 Å². The Morgan fingerprint density at radius 3 is 2.62 bits per heavy atom. The molecule has 174 valence electrons. The maximum absolute atomic E-state index is 14.0. The molecule has 0 saturated carbocycles. The fraction of sp³-hybridized carbons (Fsp3) is 0.286. The number of ether oxygens (including phenoxy) is 1. The maximum atomic E-state index is 14.0. The molecule has 0 saturated heterocycles. The number of rotatable bonds is 3. The van der Waals surface area contributed by atoms with Crippen molar-refractivity contribution in [3.8, 4) is 17.1 Å². The van der Waals surface area contributed by atoms with E-state index in [1.807, 2.05) is 0 Å². The van der Waals surface area contributed by atoms with Crippen LogP contribution < -0.4 is 10.1 Å². The van der Waals surface area contributed by atoms with E-state index in [1.54, 1.807) is 42.2 Å². The predicted molar refractivity (Wildman–Crippen MR) is 115 cm³/mol. The van der Waals surface area contributed by atoms with Gasteiger partial charge in [0.1, 0.15) is 17.9 Å². The number of methoxy groups -OCH3 is 1. The van der Waals surface area contributed by atoms with Gasteiger partial charge in [0.25, 0.3) is 0 Å². The zero-order chi connectivity index (χ0) is 23.6. The Bertz CT molecular complexity index is 1520. The second-order valence-corrected chi connectivity index (χ2v) is 8.07. The lowest BCUT2D eigenvalue weighted by Crippen LogP contribution is -2.35. The van der Waals surface area contributed by atoms with E-state index in [1.165, 1.54) is 24.1 Å². The van der Waals surface area contributed by atoms with Crippen molar-refractivity contribution in [3.63, 3.8) is 0 Å². The van der Waals surface area contributed by atoms with Crippen LogP contribution in [0.4, 0.5) is 19.0 Å². The van der Waals surface area contributed by atoms with Crippen molar-refractivity contribution >= 4 is 22.5 Å². The van der Waals surface area contributed by atoms with E-state index >= 15 is 0 Å². The van der Waals surface area contributed by atoms with Crippen LogP contribution in [0.15, 0.2) is 43.0 Å². The van der Waals surface area contributed by atoms with Crippen LogP contribution >= 0.6 is 0 Å². The molecule has 1 aliphatic rings. The van der Waals surface area contributed by atoms with Gasteiger partial charge in [-0.25, -0.2) is 19.2 Å². The third-order valence-electron chi connectivity index (χ3n) is 6.07. The number of nitrogens with zero attached hydrogens (tertiary/aromatic N) is 8. The first-order chi connectivity index (χ1) is 16.3. The quantitative estimate of drug-likeness (QED) is 0.431. The topological polar surface area (TPSA) is 100.0 Å². The number of anilines is 1. The molecule has 6 rings (SSSR count). The third-order valence-corrected chi connectivity index (χ3v) is 6.07. The van der Waals surface area contributed by atoms with Gasteiger partial charge in [-0.15, -0.1) is 5.10 Å². The molecule has 1 N–H and O–H groups in total. The number of benzene rings is 1. The van der Waals surface area contributed by atoms with E-state index in [0.29, 0.717) is 33.6 Å². The molecular formula is C21H18F3N9O. The van der Waals surface area contributed by atoms with Gasteiger partial charge in [-0.3, -0.25) is 4.68 Å². The first kappa shape index (κ1) is 20.4. The summed E-state index contributed by atoms with van der Waals surface area (Å²) in [5.74, 6) is 1.07. The molecule has 0 bridgehead atoms. The van der Waals surface area contributed by atoms with Crippen molar-refractivity contribution in [1.29, 1.82) is 0 Å². The highest BCUT2D eigenvalue weighted by Gasteiger charge is 2.47.